The minimum atomic E-state index is -0.354. The van der Waals surface area contributed by atoms with Crippen molar-refractivity contribution in [3.8, 4) is 0 Å². The first-order valence-corrected chi connectivity index (χ1v) is 7.77. The van der Waals surface area contributed by atoms with E-state index in [2.05, 4.69) is 0 Å². The smallest absolute Gasteiger partial charge is 0.338 e. The van der Waals surface area contributed by atoms with Gasteiger partial charge in [-0.05, 0) is 48.7 Å². The Morgan fingerprint density at radius 3 is 2.52 bits per heavy atom. The Kier molecular flexibility index (Phi) is 4.42. The lowest BCUT2D eigenvalue weighted by Crippen LogP contribution is -2.23. The second-order valence-electron chi connectivity index (χ2n) is 5.70. The van der Waals surface area contributed by atoms with E-state index in [-0.39, 0.29) is 18.5 Å². The lowest BCUT2D eigenvalue weighted by molar-refractivity contribution is -0.117. The summed E-state index contributed by atoms with van der Waals surface area (Å²) in [7, 11) is 0. The normalized spacial score (nSPS) is 14.1. The molecule has 0 radical (unpaired) electrons. The van der Waals surface area contributed by atoms with Gasteiger partial charge in [0.1, 0.15) is 6.61 Å². The van der Waals surface area contributed by atoms with E-state index in [9.17, 15) is 9.59 Å². The topological polar surface area (TPSA) is 46.6 Å². The molecule has 1 amide bonds. The minimum absolute atomic E-state index is 0.139. The Morgan fingerprint density at radius 2 is 1.87 bits per heavy atom. The van der Waals surface area contributed by atoms with Crippen LogP contribution in [0.2, 0.25) is 0 Å². The molecule has 0 saturated carbocycles. The van der Waals surface area contributed by atoms with Gasteiger partial charge >= 0.3 is 5.97 Å². The second kappa shape index (κ2) is 6.65. The molecule has 1 aliphatic rings. The number of carbonyl (C=O) groups is 2. The SMILES string of the molecule is Cc1ccccc1COC(=O)c1ccc(N2CCCC2=O)cc1. The molecular weight excluding hydrogens is 290 g/mol. The van der Waals surface area contributed by atoms with Crippen molar-refractivity contribution in [3.63, 3.8) is 0 Å². The van der Waals surface area contributed by atoms with E-state index in [1.807, 2.05) is 31.2 Å². The van der Waals surface area contributed by atoms with Crippen LogP contribution in [-0.2, 0) is 16.1 Å². The monoisotopic (exact) mass is 309 g/mol. The van der Waals surface area contributed by atoms with Crippen LogP contribution in [0.15, 0.2) is 48.5 Å². The van der Waals surface area contributed by atoms with Crippen molar-refractivity contribution in [3.05, 3.63) is 65.2 Å². The molecule has 1 aliphatic heterocycles. The number of rotatable bonds is 4. The number of hydrogen-bond acceptors (Lipinski definition) is 3. The lowest BCUT2D eigenvalue weighted by Gasteiger charge is -2.15. The van der Waals surface area contributed by atoms with Gasteiger partial charge in [-0.15, -0.1) is 0 Å². The molecule has 23 heavy (non-hydrogen) atoms. The van der Waals surface area contributed by atoms with Crippen LogP contribution in [0.1, 0.15) is 34.3 Å². The number of amides is 1. The molecule has 2 aromatic rings. The van der Waals surface area contributed by atoms with Crippen LogP contribution in [0.3, 0.4) is 0 Å². The van der Waals surface area contributed by atoms with Gasteiger partial charge in [0.05, 0.1) is 5.56 Å². The molecule has 0 bridgehead atoms. The Labute approximate surface area is 135 Å². The van der Waals surface area contributed by atoms with E-state index < -0.39 is 0 Å². The minimum Gasteiger partial charge on any atom is -0.457 e. The first kappa shape index (κ1) is 15.3. The van der Waals surface area contributed by atoms with E-state index in [4.69, 9.17) is 4.74 Å². The van der Waals surface area contributed by atoms with Crippen LogP contribution in [0, 0.1) is 6.92 Å². The number of anilines is 1. The van der Waals surface area contributed by atoms with Crippen molar-refractivity contribution < 1.29 is 14.3 Å². The zero-order valence-electron chi connectivity index (χ0n) is 13.1. The van der Waals surface area contributed by atoms with Crippen molar-refractivity contribution in [2.75, 3.05) is 11.4 Å². The maximum absolute atomic E-state index is 12.1. The Hall–Kier alpha value is -2.62. The molecule has 0 aromatic heterocycles. The standard InChI is InChI=1S/C19H19NO3/c1-14-5-2-3-6-16(14)13-23-19(22)15-8-10-17(11-9-15)20-12-4-7-18(20)21/h2-3,5-6,8-11H,4,7,12-13H2,1H3. The Balaban J connectivity index is 1.64. The quantitative estimate of drug-likeness (QED) is 0.812. The third-order valence-corrected chi connectivity index (χ3v) is 4.11. The average molecular weight is 309 g/mol. The maximum Gasteiger partial charge on any atom is 0.338 e. The molecule has 4 nitrogen and oxygen atoms in total. The molecule has 0 atom stereocenters. The lowest BCUT2D eigenvalue weighted by atomic mass is 10.1. The summed E-state index contributed by atoms with van der Waals surface area (Å²) < 4.78 is 5.36. The van der Waals surface area contributed by atoms with E-state index in [1.54, 1.807) is 29.2 Å². The van der Waals surface area contributed by atoms with E-state index in [1.165, 1.54) is 0 Å². The van der Waals surface area contributed by atoms with Gasteiger partial charge < -0.3 is 9.64 Å². The zero-order valence-corrected chi connectivity index (χ0v) is 13.1. The molecule has 2 aromatic carbocycles. The fourth-order valence-corrected chi connectivity index (χ4v) is 2.70. The molecule has 0 aliphatic carbocycles. The number of ether oxygens (including phenoxy) is 1. The molecular formula is C19H19NO3. The molecule has 0 unspecified atom stereocenters. The highest BCUT2D eigenvalue weighted by molar-refractivity contribution is 5.96. The van der Waals surface area contributed by atoms with Crippen molar-refractivity contribution in [1.29, 1.82) is 0 Å². The molecule has 0 N–H and O–H groups in total. The van der Waals surface area contributed by atoms with Crippen LogP contribution in [0.5, 0.6) is 0 Å². The highest BCUT2D eigenvalue weighted by Gasteiger charge is 2.21. The van der Waals surface area contributed by atoms with Gasteiger partial charge in [-0.3, -0.25) is 4.79 Å². The summed E-state index contributed by atoms with van der Waals surface area (Å²) in [6.07, 6.45) is 1.49. The molecule has 1 saturated heterocycles. The summed E-state index contributed by atoms with van der Waals surface area (Å²) in [5.41, 5.74) is 3.43. The molecule has 3 rings (SSSR count). The van der Waals surface area contributed by atoms with Gasteiger partial charge in [0.25, 0.3) is 0 Å². The average Bonchev–Trinajstić information content (AvgIpc) is 3.00. The summed E-state index contributed by atoms with van der Waals surface area (Å²) in [4.78, 5) is 25.6. The van der Waals surface area contributed by atoms with Crippen LogP contribution in [0.25, 0.3) is 0 Å². The summed E-state index contributed by atoms with van der Waals surface area (Å²) in [6, 6.07) is 14.8. The third-order valence-electron chi connectivity index (χ3n) is 4.11. The van der Waals surface area contributed by atoms with Gasteiger partial charge in [-0.1, -0.05) is 24.3 Å². The predicted molar refractivity (Wildman–Crippen MR) is 88.3 cm³/mol. The van der Waals surface area contributed by atoms with Crippen molar-refractivity contribution in [2.24, 2.45) is 0 Å². The van der Waals surface area contributed by atoms with Crippen molar-refractivity contribution >= 4 is 17.6 Å². The highest BCUT2D eigenvalue weighted by Crippen LogP contribution is 2.22. The molecule has 118 valence electrons. The van der Waals surface area contributed by atoms with Gasteiger partial charge in [-0.2, -0.15) is 0 Å². The first-order chi connectivity index (χ1) is 11.1. The summed E-state index contributed by atoms with van der Waals surface area (Å²) in [5, 5.41) is 0. The number of nitrogens with zero attached hydrogens (tertiary/aromatic N) is 1. The molecule has 4 heteroatoms. The Morgan fingerprint density at radius 1 is 1.13 bits per heavy atom. The highest BCUT2D eigenvalue weighted by atomic mass is 16.5. The van der Waals surface area contributed by atoms with E-state index in [0.717, 1.165) is 29.8 Å². The first-order valence-electron chi connectivity index (χ1n) is 7.77. The predicted octanol–water partition coefficient (Wildman–Crippen LogP) is 3.48. The third kappa shape index (κ3) is 3.42. The summed E-state index contributed by atoms with van der Waals surface area (Å²) >= 11 is 0. The number of esters is 1. The van der Waals surface area contributed by atoms with Gasteiger partial charge in [0.15, 0.2) is 0 Å². The molecule has 1 heterocycles. The van der Waals surface area contributed by atoms with Gasteiger partial charge in [0.2, 0.25) is 5.91 Å². The van der Waals surface area contributed by atoms with E-state index >= 15 is 0 Å². The van der Waals surface area contributed by atoms with Crippen LogP contribution < -0.4 is 4.90 Å². The number of hydrogen-bond donors (Lipinski definition) is 0. The molecule has 1 fully saturated rings. The Bertz CT molecular complexity index is 722. The van der Waals surface area contributed by atoms with E-state index in [0.29, 0.717) is 12.0 Å². The van der Waals surface area contributed by atoms with Crippen LogP contribution in [0.4, 0.5) is 5.69 Å². The van der Waals surface area contributed by atoms with Crippen LogP contribution >= 0.6 is 0 Å². The maximum atomic E-state index is 12.1. The number of carbonyl (C=O) groups excluding carboxylic acids is 2. The van der Waals surface area contributed by atoms with Crippen molar-refractivity contribution in [2.45, 2.75) is 26.4 Å². The fourth-order valence-electron chi connectivity index (χ4n) is 2.70. The zero-order chi connectivity index (χ0) is 16.2. The summed E-state index contributed by atoms with van der Waals surface area (Å²) in [6.45, 7) is 3.00. The summed E-state index contributed by atoms with van der Waals surface area (Å²) in [5.74, 6) is -0.215. The van der Waals surface area contributed by atoms with Gasteiger partial charge in [-0.25, -0.2) is 4.79 Å². The largest absolute Gasteiger partial charge is 0.457 e. The van der Waals surface area contributed by atoms with Gasteiger partial charge in [0, 0.05) is 18.7 Å². The van der Waals surface area contributed by atoms with Crippen molar-refractivity contribution in [1.82, 2.24) is 0 Å². The molecule has 0 spiro atoms. The fraction of sp³-hybridized carbons (Fsp3) is 0.263. The van der Waals surface area contributed by atoms with Crippen LogP contribution in [-0.4, -0.2) is 18.4 Å². The number of benzene rings is 2. The second-order valence-corrected chi connectivity index (χ2v) is 5.70. The number of aryl methyl sites for hydroxylation is 1.